The van der Waals surface area contributed by atoms with Crippen molar-refractivity contribution in [2.75, 3.05) is 25.9 Å². The van der Waals surface area contributed by atoms with Crippen molar-refractivity contribution in [3.05, 3.63) is 30.1 Å². The number of nitrogens with zero attached hydrogens (tertiary/aromatic N) is 1. The minimum atomic E-state index is -0.230. The van der Waals surface area contributed by atoms with Gasteiger partial charge in [0, 0.05) is 36.2 Å². The average Bonchev–Trinajstić information content (AvgIpc) is 2.99. The Morgan fingerprint density at radius 2 is 2.14 bits per heavy atom. The largest absolute Gasteiger partial charge is 0.341 e. The Labute approximate surface area is 136 Å². The van der Waals surface area contributed by atoms with Crippen LogP contribution in [0.2, 0.25) is 0 Å². The molecule has 0 radical (unpaired) electrons. The normalized spacial score (nSPS) is 18.9. The zero-order valence-electron chi connectivity index (χ0n) is 12.3. The third kappa shape index (κ3) is 5.16. The number of hydrogen-bond acceptors (Lipinski definition) is 3. The fourth-order valence-electron chi connectivity index (χ4n) is 2.32. The van der Waals surface area contributed by atoms with Crippen LogP contribution in [0, 0.1) is 11.7 Å². The van der Waals surface area contributed by atoms with Gasteiger partial charge in [-0.25, -0.2) is 4.39 Å². The van der Waals surface area contributed by atoms with E-state index in [1.165, 1.54) is 12.1 Å². The molecule has 1 aliphatic rings. The van der Waals surface area contributed by atoms with Crippen molar-refractivity contribution in [1.82, 2.24) is 10.2 Å². The molecule has 2 atom stereocenters. The Balaban J connectivity index is 0.00000220. The average molecular weight is 333 g/mol. The predicted octanol–water partition coefficient (Wildman–Crippen LogP) is 2.80. The van der Waals surface area contributed by atoms with E-state index in [4.69, 9.17) is 0 Å². The van der Waals surface area contributed by atoms with Gasteiger partial charge in [0.25, 0.3) is 0 Å². The Hall–Kier alpha value is -0.780. The first-order chi connectivity index (χ1) is 9.58. The number of hydrogen-bond donors (Lipinski definition) is 1. The van der Waals surface area contributed by atoms with Crippen LogP contribution in [0.3, 0.4) is 0 Å². The van der Waals surface area contributed by atoms with Crippen LogP contribution in [0.25, 0.3) is 0 Å². The van der Waals surface area contributed by atoms with Crippen molar-refractivity contribution in [2.45, 2.75) is 24.3 Å². The first-order valence-electron chi connectivity index (χ1n) is 6.93. The molecule has 1 fully saturated rings. The molecule has 1 saturated heterocycles. The molecule has 118 valence electrons. The third-order valence-electron chi connectivity index (χ3n) is 3.66. The maximum absolute atomic E-state index is 12.8. The monoisotopic (exact) mass is 332 g/mol. The van der Waals surface area contributed by atoms with Crippen molar-refractivity contribution in [3.8, 4) is 0 Å². The number of carbonyl (C=O) groups is 1. The fraction of sp³-hybridized carbons (Fsp3) is 0.533. The van der Waals surface area contributed by atoms with Gasteiger partial charge in [-0.05, 0) is 37.2 Å². The Bertz CT molecular complexity index is 451. The number of halogens is 2. The van der Waals surface area contributed by atoms with Crippen molar-refractivity contribution >= 4 is 30.1 Å². The standard InChI is InChI=1S/C15H21FN2OS.ClH/c1-11(10-20-14-5-3-12(16)4-6-14)15(19)18(2)13-7-8-17-9-13;/h3-6,11,13,17H,7-10H2,1-2H3;1H. The molecular formula is C15H22ClFN2OS. The highest BCUT2D eigenvalue weighted by atomic mass is 35.5. The topological polar surface area (TPSA) is 32.3 Å². The van der Waals surface area contributed by atoms with Gasteiger partial charge in [0.1, 0.15) is 5.82 Å². The molecule has 1 heterocycles. The van der Waals surface area contributed by atoms with Crippen LogP contribution < -0.4 is 5.32 Å². The molecule has 0 aromatic heterocycles. The van der Waals surface area contributed by atoms with Crippen LogP contribution in [0.1, 0.15) is 13.3 Å². The highest BCUT2D eigenvalue weighted by molar-refractivity contribution is 7.99. The van der Waals surface area contributed by atoms with Crippen LogP contribution in [-0.2, 0) is 4.79 Å². The van der Waals surface area contributed by atoms with E-state index in [2.05, 4.69) is 5.32 Å². The van der Waals surface area contributed by atoms with E-state index >= 15 is 0 Å². The quantitative estimate of drug-likeness (QED) is 0.842. The van der Waals surface area contributed by atoms with Crippen LogP contribution in [0.4, 0.5) is 4.39 Å². The number of nitrogens with one attached hydrogen (secondary N) is 1. The van der Waals surface area contributed by atoms with Gasteiger partial charge in [-0.15, -0.1) is 24.2 Å². The van der Waals surface area contributed by atoms with Gasteiger partial charge in [-0.1, -0.05) is 6.92 Å². The second-order valence-corrected chi connectivity index (χ2v) is 6.36. The van der Waals surface area contributed by atoms with E-state index in [0.29, 0.717) is 6.04 Å². The van der Waals surface area contributed by atoms with Crippen molar-refractivity contribution < 1.29 is 9.18 Å². The summed E-state index contributed by atoms with van der Waals surface area (Å²) in [7, 11) is 1.89. The number of rotatable bonds is 5. The lowest BCUT2D eigenvalue weighted by Gasteiger charge is -2.26. The molecule has 1 aliphatic heterocycles. The molecule has 2 unspecified atom stereocenters. The summed E-state index contributed by atoms with van der Waals surface area (Å²) in [5.74, 6) is 0.644. The molecule has 1 aromatic carbocycles. The number of amides is 1. The molecule has 0 bridgehead atoms. The Kier molecular flexibility index (Phi) is 7.49. The molecule has 1 aromatic rings. The molecule has 0 spiro atoms. The number of likely N-dealkylation sites (N-methyl/N-ethyl adjacent to an activating group) is 1. The van der Waals surface area contributed by atoms with E-state index in [1.807, 2.05) is 18.9 Å². The lowest BCUT2D eigenvalue weighted by molar-refractivity contribution is -0.134. The van der Waals surface area contributed by atoms with Gasteiger partial charge < -0.3 is 10.2 Å². The van der Waals surface area contributed by atoms with E-state index in [0.717, 1.165) is 30.2 Å². The van der Waals surface area contributed by atoms with Crippen molar-refractivity contribution in [1.29, 1.82) is 0 Å². The molecule has 0 saturated carbocycles. The Morgan fingerprint density at radius 3 is 2.71 bits per heavy atom. The minimum Gasteiger partial charge on any atom is -0.341 e. The summed E-state index contributed by atoms with van der Waals surface area (Å²) in [5.41, 5.74) is 0. The van der Waals surface area contributed by atoms with Crippen LogP contribution in [-0.4, -0.2) is 42.7 Å². The van der Waals surface area contributed by atoms with Crippen LogP contribution >= 0.6 is 24.2 Å². The highest BCUT2D eigenvalue weighted by Gasteiger charge is 2.26. The molecular weight excluding hydrogens is 311 g/mol. The van der Waals surface area contributed by atoms with Gasteiger partial charge in [-0.2, -0.15) is 0 Å². The number of carbonyl (C=O) groups excluding carboxylic acids is 1. The van der Waals surface area contributed by atoms with Crippen molar-refractivity contribution in [2.24, 2.45) is 5.92 Å². The first kappa shape index (κ1) is 18.3. The van der Waals surface area contributed by atoms with Gasteiger partial charge >= 0.3 is 0 Å². The molecule has 0 aliphatic carbocycles. The van der Waals surface area contributed by atoms with Crippen LogP contribution in [0.15, 0.2) is 29.2 Å². The number of thioether (sulfide) groups is 1. The van der Waals surface area contributed by atoms with E-state index in [1.54, 1.807) is 23.9 Å². The van der Waals surface area contributed by atoms with Gasteiger partial charge in [-0.3, -0.25) is 4.79 Å². The summed E-state index contributed by atoms with van der Waals surface area (Å²) in [6, 6.07) is 6.72. The maximum atomic E-state index is 12.8. The van der Waals surface area contributed by atoms with Crippen molar-refractivity contribution in [3.63, 3.8) is 0 Å². The van der Waals surface area contributed by atoms with E-state index < -0.39 is 0 Å². The lowest BCUT2D eigenvalue weighted by Crippen LogP contribution is -2.41. The predicted molar refractivity (Wildman–Crippen MR) is 87.6 cm³/mol. The second kappa shape index (κ2) is 8.61. The SMILES string of the molecule is CC(CSc1ccc(F)cc1)C(=O)N(C)C1CCNC1.Cl. The molecule has 21 heavy (non-hydrogen) atoms. The molecule has 1 amide bonds. The molecule has 2 rings (SSSR count). The van der Waals surface area contributed by atoms with E-state index in [9.17, 15) is 9.18 Å². The van der Waals surface area contributed by atoms with Gasteiger partial charge in [0.15, 0.2) is 0 Å². The Morgan fingerprint density at radius 1 is 1.48 bits per heavy atom. The zero-order chi connectivity index (χ0) is 14.5. The molecule has 6 heteroatoms. The van der Waals surface area contributed by atoms with Gasteiger partial charge in [0.2, 0.25) is 5.91 Å². The summed E-state index contributed by atoms with van der Waals surface area (Å²) in [4.78, 5) is 15.2. The molecule has 1 N–H and O–H groups in total. The summed E-state index contributed by atoms with van der Waals surface area (Å²) >= 11 is 1.60. The van der Waals surface area contributed by atoms with Crippen LogP contribution in [0.5, 0.6) is 0 Å². The summed E-state index contributed by atoms with van der Waals surface area (Å²) in [6.45, 7) is 3.83. The molecule has 3 nitrogen and oxygen atoms in total. The first-order valence-corrected chi connectivity index (χ1v) is 7.92. The highest BCUT2D eigenvalue weighted by Crippen LogP contribution is 2.22. The maximum Gasteiger partial charge on any atom is 0.226 e. The fourth-order valence-corrected chi connectivity index (χ4v) is 3.23. The van der Waals surface area contributed by atoms with E-state index in [-0.39, 0.29) is 30.0 Å². The zero-order valence-corrected chi connectivity index (χ0v) is 14.0. The lowest BCUT2D eigenvalue weighted by atomic mass is 10.1. The smallest absolute Gasteiger partial charge is 0.226 e. The minimum absolute atomic E-state index is 0. The third-order valence-corrected chi connectivity index (χ3v) is 4.94. The summed E-state index contributed by atoms with van der Waals surface area (Å²) < 4.78 is 12.8. The second-order valence-electron chi connectivity index (χ2n) is 5.26. The summed E-state index contributed by atoms with van der Waals surface area (Å²) in [6.07, 6.45) is 1.03. The number of benzene rings is 1. The summed E-state index contributed by atoms with van der Waals surface area (Å²) in [5, 5.41) is 3.28. The van der Waals surface area contributed by atoms with Gasteiger partial charge in [0.05, 0.1) is 0 Å².